The molecule has 5 nitrogen and oxygen atoms in total. The molecule has 3 saturated heterocycles. The molecule has 1 aromatic heterocycles. The predicted octanol–water partition coefficient (Wildman–Crippen LogP) is 6.31. The van der Waals surface area contributed by atoms with Gasteiger partial charge in [-0.25, -0.2) is 4.98 Å². The summed E-state index contributed by atoms with van der Waals surface area (Å²) >= 11 is 0. The fraction of sp³-hybridized carbons (Fsp3) is 0.448. The lowest BCUT2D eigenvalue weighted by atomic mass is 9.80. The van der Waals surface area contributed by atoms with Gasteiger partial charge in [0.1, 0.15) is 5.82 Å². The average molecular weight is 509 g/mol. The molecule has 4 fully saturated rings. The molecule has 2 aromatic carbocycles. The lowest BCUT2D eigenvalue weighted by Crippen LogP contribution is -2.48. The summed E-state index contributed by atoms with van der Waals surface area (Å²) in [7, 11) is 0. The van der Waals surface area contributed by atoms with Gasteiger partial charge in [0, 0.05) is 36.2 Å². The molecule has 3 aromatic rings. The van der Waals surface area contributed by atoms with E-state index in [0.29, 0.717) is 25.4 Å². The van der Waals surface area contributed by atoms with Gasteiger partial charge in [0.2, 0.25) is 5.91 Å². The van der Waals surface area contributed by atoms with Crippen LogP contribution in [0.1, 0.15) is 55.7 Å². The highest BCUT2D eigenvalue weighted by Gasteiger charge is 2.34. The molecule has 0 spiro atoms. The van der Waals surface area contributed by atoms with Crippen molar-refractivity contribution in [3.63, 3.8) is 0 Å². The van der Waals surface area contributed by atoms with Crippen LogP contribution in [-0.2, 0) is 11.0 Å². The number of anilines is 2. The van der Waals surface area contributed by atoms with Crippen LogP contribution in [0.25, 0.3) is 10.9 Å². The van der Waals surface area contributed by atoms with Crippen LogP contribution in [0.5, 0.6) is 0 Å². The summed E-state index contributed by atoms with van der Waals surface area (Å²) in [5.41, 5.74) is 1.83. The predicted molar refractivity (Wildman–Crippen MR) is 138 cm³/mol. The van der Waals surface area contributed by atoms with Gasteiger partial charge in [-0.1, -0.05) is 12.1 Å². The molecular weight excluding hydrogens is 477 g/mol. The summed E-state index contributed by atoms with van der Waals surface area (Å²) in [4.78, 5) is 20.3. The number of hydrogen-bond acceptors (Lipinski definition) is 4. The summed E-state index contributed by atoms with van der Waals surface area (Å²) in [5, 5.41) is 7.37. The number of amides is 1. The third kappa shape index (κ3) is 5.04. The molecule has 194 valence electrons. The number of nitrogens with one attached hydrogen (secondary N) is 2. The van der Waals surface area contributed by atoms with Crippen molar-refractivity contribution in [3.8, 4) is 0 Å². The first-order valence-corrected chi connectivity index (χ1v) is 13.2. The van der Waals surface area contributed by atoms with E-state index in [1.54, 1.807) is 0 Å². The highest BCUT2D eigenvalue weighted by atomic mass is 19.4. The quantitative estimate of drug-likeness (QED) is 0.434. The second kappa shape index (κ2) is 9.63. The number of fused-ring (bicyclic) bond motifs is 4. The number of pyridine rings is 1. The lowest BCUT2D eigenvalue weighted by Gasteiger charge is -2.46. The van der Waals surface area contributed by atoms with Gasteiger partial charge in [0.15, 0.2) is 0 Å². The largest absolute Gasteiger partial charge is 0.416 e. The number of hydrogen-bond donors (Lipinski definition) is 2. The van der Waals surface area contributed by atoms with Crippen LogP contribution in [0, 0.1) is 11.8 Å². The van der Waals surface area contributed by atoms with Gasteiger partial charge in [0.05, 0.1) is 17.0 Å². The molecule has 37 heavy (non-hydrogen) atoms. The molecule has 2 atom stereocenters. The minimum Gasteiger partial charge on any atom is -0.353 e. The molecule has 7 rings (SSSR count). The van der Waals surface area contributed by atoms with Crippen molar-refractivity contribution in [2.24, 2.45) is 11.8 Å². The second-order valence-electron chi connectivity index (χ2n) is 10.7. The van der Waals surface area contributed by atoms with Crippen LogP contribution in [0.4, 0.5) is 24.7 Å². The normalized spacial score (nSPS) is 25.9. The number of rotatable bonds is 4. The maximum absolute atomic E-state index is 12.9. The van der Waals surface area contributed by atoms with Crippen LogP contribution in [0.2, 0.25) is 0 Å². The number of halogens is 3. The molecule has 3 aliphatic heterocycles. The summed E-state index contributed by atoms with van der Waals surface area (Å²) in [6.07, 6.45) is 2.21. The van der Waals surface area contributed by atoms with E-state index in [4.69, 9.17) is 4.98 Å². The second-order valence-corrected chi connectivity index (χ2v) is 10.7. The van der Waals surface area contributed by atoms with Crippen LogP contribution in [0.3, 0.4) is 0 Å². The SMILES string of the molecule is O=C(Nc1ccc2nc(N3CC4CCC3CC4)ccc2c1)[C@@H]1CC[C@@H](c2ccc(C(F)(F)F)cc2)NC1. The first-order chi connectivity index (χ1) is 17.8. The number of nitrogens with zero attached hydrogens (tertiary/aromatic N) is 2. The van der Waals surface area contributed by atoms with Crippen molar-refractivity contribution in [2.45, 2.75) is 56.8 Å². The summed E-state index contributed by atoms with van der Waals surface area (Å²) in [6, 6.07) is 15.8. The Balaban J connectivity index is 1.06. The first-order valence-electron chi connectivity index (χ1n) is 13.2. The molecule has 0 radical (unpaired) electrons. The van der Waals surface area contributed by atoms with E-state index in [1.807, 2.05) is 18.2 Å². The van der Waals surface area contributed by atoms with E-state index in [-0.39, 0.29) is 17.9 Å². The first kappa shape index (κ1) is 24.2. The molecule has 4 aliphatic rings. The third-order valence-electron chi connectivity index (χ3n) is 8.37. The van der Waals surface area contributed by atoms with Crippen molar-refractivity contribution in [3.05, 3.63) is 65.7 Å². The Kier molecular flexibility index (Phi) is 6.31. The zero-order valence-electron chi connectivity index (χ0n) is 20.6. The minimum atomic E-state index is -4.34. The molecule has 1 saturated carbocycles. The fourth-order valence-corrected chi connectivity index (χ4v) is 6.21. The summed E-state index contributed by atoms with van der Waals surface area (Å²) < 4.78 is 38.5. The van der Waals surface area contributed by atoms with Crippen LogP contribution >= 0.6 is 0 Å². The molecule has 0 unspecified atom stereocenters. The van der Waals surface area contributed by atoms with E-state index in [9.17, 15) is 18.0 Å². The van der Waals surface area contributed by atoms with Gasteiger partial charge in [0.25, 0.3) is 0 Å². The highest BCUT2D eigenvalue weighted by molar-refractivity contribution is 5.95. The van der Waals surface area contributed by atoms with Crippen molar-refractivity contribution >= 4 is 28.3 Å². The number of piperidine rings is 3. The number of carbonyl (C=O) groups excluding carboxylic acids is 1. The Bertz CT molecular complexity index is 1280. The van der Waals surface area contributed by atoms with Crippen molar-refractivity contribution in [1.29, 1.82) is 0 Å². The van der Waals surface area contributed by atoms with Crippen molar-refractivity contribution in [1.82, 2.24) is 10.3 Å². The smallest absolute Gasteiger partial charge is 0.353 e. The molecule has 4 heterocycles. The van der Waals surface area contributed by atoms with Crippen LogP contribution in [0.15, 0.2) is 54.6 Å². The standard InChI is InChI=1S/C29H31F3N4O/c30-29(31,32)22-7-3-19(4-8-22)25-12-5-21(16-33-25)28(37)34-23-9-13-26-20(15-23)6-14-27(35-26)36-17-18-1-10-24(36)11-2-18/h3-4,6-9,13-15,18,21,24-25,33H,1-2,5,10-12,16-17H2,(H,34,37)/t18?,21-,24?,25+/m1/s1. The maximum atomic E-state index is 12.9. The van der Waals surface area contributed by atoms with E-state index in [1.165, 1.54) is 37.8 Å². The topological polar surface area (TPSA) is 57.3 Å². The number of aromatic nitrogens is 1. The number of benzene rings is 2. The average Bonchev–Trinajstić information content (AvgIpc) is 2.93. The highest BCUT2D eigenvalue weighted by Crippen LogP contribution is 2.38. The zero-order valence-corrected chi connectivity index (χ0v) is 20.6. The molecule has 8 heteroatoms. The molecule has 1 amide bonds. The number of alkyl halides is 3. The van der Waals surface area contributed by atoms with E-state index in [0.717, 1.165) is 52.6 Å². The maximum Gasteiger partial charge on any atom is 0.416 e. The Hall–Kier alpha value is -3.13. The van der Waals surface area contributed by atoms with Crippen LogP contribution in [-0.4, -0.2) is 30.0 Å². The third-order valence-corrected chi connectivity index (χ3v) is 8.37. The molecular formula is C29H31F3N4O. The van der Waals surface area contributed by atoms with E-state index < -0.39 is 11.7 Å². The summed E-state index contributed by atoms with van der Waals surface area (Å²) in [6.45, 7) is 1.58. The van der Waals surface area contributed by atoms with Gasteiger partial charge in [-0.2, -0.15) is 13.2 Å². The van der Waals surface area contributed by atoms with E-state index in [2.05, 4.69) is 27.7 Å². The Morgan fingerprint density at radius 3 is 2.38 bits per heavy atom. The van der Waals surface area contributed by atoms with Gasteiger partial charge < -0.3 is 15.5 Å². The lowest BCUT2D eigenvalue weighted by molar-refractivity contribution is -0.137. The zero-order chi connectivity index (χ0) is 25.6. The minimum absolute atomic E-state index is 0.0494. The van der Waals surface area contributed by atoms with Crippen molar-refractivity contribution < 1.29 is 18.0 Å². The summed E-state index contributed by atoms with van der Waals surface area (Å²) in [5.74, 6) is 1.59. The fourth-order valence-electron chi connectivity index (χ4n) is 6.21. The molecule has 2 N–H and O–H groups in total. The van der Waals surface area contributed by atoms with Gasteiger partial charge in [-0.3, -0.25) is 4.79 Å². The number of carbonyl (C=O) groups is 1. The van der Waals surface area contributed by atoms with E-state index >= 15 is 0 Å². The van der Waals surface area contributed by atoms with Gasteiger partial charge >= 0.3 is 6.18 Å². The van der Waals surface area contributed by atoms with Gasteiger partial charge in [-0.05, 0) is 92.5 Å². The Morgan fingerprint density at radius 2 is 1.73 bits per heavy atom. The van der Waals surface area contributed by atoms with Crippen LogP contribution < -0.4 is 15.5 Å². The molecule has 2 bridgehead atoms. The van der Waals surface area contributed by atoms with Crippen molar-refractivity contribution in [2.75, 3.05) is 23.3 Å². The Morgan fingerprint density at radius 1 is 0.946 bits per heavy atom. The van der Waals surface area contributed by atoms with Gasteiger partial charge in [-0.15, -0.1) is 0 Å². The Labute approximate surface area is 214 Å². The molecule has 1 aliphatic carbocycles. The monoisotopic (exact) mass is 508 g/mol.